The van der Waals surface area contributed by atoms with Crippen molar-refractivity contribution in [3.8, 4) is 0 Å². The average Bonchev–Trinajstić information content (AvgIpc) is 2.82. The van der Waals surface area contributed by atoms with Crippen molar-refractivity contribution < 1.29 is 0 Å². The summed E-state index contributed by atoms with van der Waals surface area (Å²) in [6, 6.07) is 1.66. The van der Waals surface area contributed by atoms with Crippen molar-refractivity contribution >= 4 is 0 Å². The molecule has 0 amide bonds. The Morgan fingerprint density at radius 2 is 0.656 bits per heavy atom. The fourth-order valence-electron chi connectivity index (χ4n) is 6.16. The molecule has 0 aliphatic heterocycles. The van der Waals surface area contributed by atoms with E-state index in [9.17, 15) is 0 Å². The van der Waals surface area contributed by atoms with E-state index >= 15 is 0 Å². The van der Waals surface area contributed by atoms with Gasteiger partial charge in [-0.3, -0.25) is 0 Å². The lowest BCUT2D eigenvalue weighted by Gasteiger charge is -2.36. The first-order chi connectivity index (χ1) is 15.9. The lowest BCUT2D eigenvalue weighted by atomic mass is 9.94. The Kier molecular flexibility index (Phi) is 17.6. The molecule has 0 heterocycles. The number of rotatable bonds is 2. The fraction of sp³-hybridized carbons (Fsp3) is 0.935. The molecular weight excluding hydrogens is 386 g/mol. The Balaban J connectivity index is 1.88. The van der Waals surface area contributed by atoms with Crippen LogP contribution in [0.25, 0.3) is 0 Å². The van der Waals surface area contributed by atoms with Crippen molar-refractivity contribution in [2.75, 3.05) is 7.05 Å². The standard InChI is InChI=1S/C31H59N/c1-32(30-26-22-18-14-10-6-2-3-7-11-15-19-23-27-30)31-28-24-20-16-12-8-4-5-9-13-17-21-25-29-31/h10,14,30-31H,2-9,11-13,15-29H2,1H3/b14-10-. The van der Waals surface area contributed by atoms with Crippen LogP contribution in [0.1, 0.15) is 167 Å². The molecule has 1 nitrogen and oxygen atoms in total. The highest BCUT2D eigenvalue weighted by Gasteiger charge is 2.22. The minimum absolute atomic E-state index is 0.820. The molecular formula is C31H59N. The summed E-state index contributed by atoms with van der Waals surface area (Å²) in [5, 5.41) is 0. The zero-order valence-corrected chi connectivity index (χ0v) is 22.1. The summed E-state index contributed by atoms with van der Waals surface area (Å²) in [6.45, 7) is 0. The van der Waals surface area contributed by atoms with Crippen molar-refractivity contribution in [1.82, 2.24) is 4.90 Å². The summed E-state index contributed by atoms with van der Waals surface area (Å²) in [7, 11) is 2.51. The second-order valence-corrected chi connectivity index (χ2v) is 11.2. The third-order valence-electron chi connectivity index (χ3n) is 8.46. The molecule has 0 aromatic heterocycles. The van der Waals surface area contributed by atoms with E-state index in [-0.39, 0.29) is 0 Å². The van der Waals surface area contributed by atoms with Gasteiger partial charge in [0.05, 0.1) is 0 Å². The summed E-state index contributed by atoms with van der Waals surface area (Å²) in [4.78, 5) is 2.89. The largest absolute Gasteiger partial charge is 0.300 e. The van der Waals surface area contributed by atoms with Gasteiger partial charge in [0.15, 0.2) is 0 Å². The molecule has 0 N–H and O–H groups in total. The number of allylic oxidation sites excluding steroid dienone is 2. The van der Waals surface area contributed by atoms with Crippen LogP contribution in [-0.2, 0) is 0 Å². The molecule has 2 aliphatic rings. The minimum atomic E-state index is 0.820. The van der Waals surface area contributed by atoms with Gasteiger partial charge in [-0.1, -0.05) is 128 Å². The molecule has 1 unspecified atom stereocenters. The van der Waals surface area contributed by atoms with Crippen molar-refractivity contribution in [3.05, 3.63) is 12.2 Å². The third kappa shape index (κ3) is 14.1. The van der Waals surface area contributed by atoms with Crippen LogP contribution in [0.2, 0.25) is 0 Å². The third-order valence-corrected chi connectivity index (χ3v) is 8.46. The molecule has 1 heteroatoms. The Hall–Kier alpha value is -0.300. The Morgan fingerprint density at radius 1 is 0.375 bits per heavy atom. The second kappa shape index (κ2) is 20.1. The molecule has 0 aromatic carbocycles. The highest BCUT2D eigenvalue weighted by atomic mass is 15.2. The maximum atomic E-state index is 2.89. The van der Waals surface area contributed by atoms with Crippen LogP contribution >= 0.6 is 0 Å². The molecule has 0 saturated heterocycles. The van der Waals surface area contributed by atoms with Crippen LogP contribution in [-0.4, -0.2) is 24.0 Å². The SMILES string of the molecule is CN(C1CCC/C=C\CCCCCCCCC1)C1CCCCCCCCCCCCCC1. The molecule has 0 aromatic rings. The van der Waals surface area contributed by atoms with Crippen molar-refractivity contribution in [2.45, 2.75) is 179 Å². The van der Waals surface area contributed by atoms with Crippen LogP contribution < -0.4 is 0 Å². The summed E-state index contributed by atoms with van der Waals surface area (Å²) >= 11 is 0. The van der Waals surface area contributed by atoms with E-state index < -0.39 is 0 Å². The molecule has 1 atom stereocenters. The quantitative estimate of drug-likeness (QED) is 0.382. The Bertz CT molecular complexity index is 412. The number of nitrogens with zero attached hydrogens (tertiary/aromatic N) is 1. The molecule has 1 fully saturated rings. The Morgan fingerprint density at radius 3 is 1.06 bits per heavy atom. The number of hydrogen-bond donors (Lipinski definition) is 0. The Labute approximate surface area is 203 Å². The predicted molar refractivity (Wildman–Crippen MR) is 145 cm³/mol. The average molecular weight is 446 g/mol. The van der Waals surface area contributed by atoms with Crippen LogP contribution in [0.15, 0.2) is 12.2 Å². The molecule has 32 heavy (non-hydrogen) atoms. The minimum Gasteiger partial charge on any atom is -0.300 e. The smallest absolute Gasteiger partial charge is 0.00952 e. The molecule has 2 aliphatic carbocycles. The molecule has 0 bridgehead atoms. The molecule has 1 saturated carbocycles. The first-order valence-corrected chi connectivity index (χ1v) is 15.2. The van der Waals surface area contributed by atoms with Crippen LogP contribution in [0.4, 0.5) is 0 Å². The molecule has 2 rings (SSSR count). The van der Waals surface area contributed by atoms with Crippen molar-refractivity contribution in [3.63, 3.8) is 0 Å². The van der Waals surface area contributed by atoms with E-state index in [0.717, 1.165) is 12.1 Å². The first-order valence-electron chi connectivity index (χ1n) is 15.2. The van der Waals surface area contributed by atoms with Gasteiger partial charge in [-0.25, -0.2) is 0 Å². The molecule has 0 radical (unpaired) electrons. The van der Waals surface area contributed by atoms with E-state index in [1.54, 1.807) is 0 Å². The lowest BCUT2D eigenvalue weighted by Crippen LogP contribution is -2.40. The van der Waals surface area contributed by atoms with Crippen LogP contribution in [0, 0.1) is 0 Å². The van der Waals surface area contributed by atoms with Gasteiger partial charge in [-0.05, 0) is 58.4 Å². The zero-order valence-electron chi connectivity index (χ0n) is 22.1. The van der Waals surface area contributed by atoms with Crippen molar-refractivity contribution in [2.24, 2.45) is 0 Å². The van der Waals surface area contributed by atoms with E-state index in [2.05, 4.69) is 24.1 Å². The predicted octanol–water partition coefficient (Wildman–Crippen LogP) is 10.4. The van der Waals surface area contributed by atoms with Crippen LogP contribution in [0.5, 0.6) is 0 Å². The zero-order chi connectivity index (χ0) is 22.5. The maximum absolute atomic E-state index is 2.89. The lowest BCUT2D eigenvalue weighted by molar-refractivity contribution is 0.132. The van der Waals surface area contributed by atoms with Crippen molar-refractivity contribution in [1.29, 1.82) is 0 Å². The van der Waals surface area contributed by atoms with Gasteiger partial charge >= 0.3 is 0 Å². The highest BCUT2D eigenvalue weighted by Crippen LogP contribution is 2.25. The molecule has 188 valence electrons. The summed E-state index contributed by atoms with van der Waals surface area (Å²) < 4.78 is 0. The second-order valence-electron chi connectivity index (χ2n) is 11.2. The summed E-state index contributed by atoms with van der Waals surface area (Å²) in [6.07, 6.45) is 42.6. The fourth-order valence-corrected chi connectivity index (χ4v) is 6.16. The first kappa shape index (κ1) is 27.9. The monoisotopic (exact) mass is 445 g/mol. The van der Waals surface area contributed by atoms with E-state index in [1.807, 2.05) is 0 Å². The van der Waals surface area contributed by atoms with Gasteiger partial charge in [0.1, 0.15) is 0 Å². The summed E-state index contributed by atoms with van der Waals surface area (Å²) in [5.74, 6) is 0. The van der Waals surface area contributed by atoms with E-state index in [0.29, 0.717) is 0 Å². The summed E-state index contributed by atoms with van der Waals surface area (Å²) in [5.41, 5.74) is 0. The molecule has 0 spiro atoms. The van der Waals surface area contributed by atoms with E-state index in [4.69, 9.17) is 0 Å². The maximum Gasteiger partial charge on any atom is 0.00952 e. The van der Waals surface area contributed by atoms with E-state index in [1.165, 1.54) is 167 Å². The normalized spacial score (nSPS) is 27.5. The number of hydrogen-bond acceptors (Lipinski definition) is 1. The van der Waals surface area contributed by atoms with Gasteiger partial charge in [-0.2, -0.15) is 0 Å². The van der Waals surface area contributed by atoms with Gasteiger partial charge in [0, 0.05) is 12.1 Å². The van der Waals surface area contributed by atoms with Gasteiger partial charge in [-0.15, -0.1) is 0 Å². The van der Waals surface area contributed by atoms with Gasteiger partial charge in [0.2, 0.25) is 0 Å². The highest BCUT2D eigenvalue weighted by molar-refractivity contribution is 4.83. The topological polar surface area (TPSA) is 3.24 Å². The van der Waals surface area contributed by atoms with Gasteiger partial charge < -0.3 is 4.90 Å². The van der Waals surface area contributed by atoms with Gasteiger partial charge in [0.25, 0.3) is 0 Å². The van der Waals surface area contributed by atoms with Crippen LogP contribution in [0.3, 0.4) is 0 Å².